The number of pyridine rings is 1. The molecule has 2 aromatic rings. The van der Waals surface area contributed by atoms with Gasteiger partial charge in [0.1, 0.15) is 17.1 Å². The van der Waals surface area contributed by atoms with Gasteiger partial charge in [0.15, 0.2) is 5.82 Å². The summed E-state index contributed by atoms with van der Waals surface area (Å²) in [6.07, 6.45) is 1.12. The van der Waals surface area contributed by atoms with Gasteiger partial charge in [-0.05, 0) is 18.2 Å². The highest BCUT2D eigenvalue weighted by atomic mass is 35.5. The first-order chi connectivity index (χ1) is 8.97. The summed E-state index contributed by atoms with van der Waals surface area (Å²) in [7, 11) is 0. The molecule has 0 saturated heterocycles. The maximum Gasteiger partial charge on any atom is 0.339 e. The molecule has 1 N–H and O–H groups in total. The summed E-state index contributed by atoms with van der Waals surface area (Å²) in [6, 6.07) is 3.76. The number of aromatic carboxylic acids is 1. The van der Waals surface area contributed by atoms with Gasteiger partial charge >= 0.3 is 5.97 Å². The first kappa shape index (κ1) is 13.2. The summed E-state index contributed by atoms with van der Waals surface area (Å²) in [6.45, 7) is 0. The van der Waals surface area contributed by atoms with Crippen LogP contribution in [0.1, 0.15) is 10.4 Å². The minimum Gasteiger partial charge on any atom is -0.478 e. The largest absolute Gasteiger partial charge is 0.478 e. The number of hydrogen-bond donors (Lipinski definition) is 1. The molecule has 1 heterocycles. The third kappa shape index (κ3) is 2.97. The van der Waals surface area contributed by atoms with Crippen LogP contribution >= 0.6 is 11.6 Å². The maximum atomic E-state index is 13.5. The van der Waals surface area contributed by atoms with Crippen LogP contribution in [-0.2, 0) is 0 Å². The summed E-state index contributed by atoms with van der Waals surface area (Å²) in [5, 5.41) is 8.97. The number of halogens is 3. The predicted molar refractivity (Wildman–Crippen MR) is 62.6 cm³/mol. The van der Waals surface area contributed by atoms with Crippen molar-refractivity contribution in [2.45, 2.75) is 0 Å². The second-order valence-corrected chi connectivity index (χ2v) is 3.92. The molecule has 0 atom stereocenters. The van der Waals surface area contributed by atoms with Crippen molar-refractivity contribution in [1.29, 1.82) is 0 Å². The molecule has 0 saturated carbocycles. The summed E-state index contributed by atoms with van der Waals surface area (Å²) < 4.78 is 31.5. The lowest BCUT2D eigenvalue weighted by atomic mass is 10.2. The number of nitrogens with zero attached hydrogens (tertiary/aromatic N) is 1. The van der Waals surface area contributed by atoms with Crippen molar-refractivity contribution in [1.82, 2.24) is 4.98 Å². The minimum absolute atomic E-state index is 0.0579. The monoisotopic (exact) mass is 285 g/mol. The Morgan fingerprint density at radius 3 is 2.68 bits per heavy atom. The summed E-state index contributed by atoms with van der Waals surface area (Å²) in [5.41, 5.74) is -0.308. The van der Waals surface area contributed by atoms with E-state index in [-0.39, 0.29) is 16.3 Å². The Kier molecular flexibility index (Phi) is 3.62. The molecule has 0 radical (unpaired) electrons. The lowest BCUT2D eigenvalue weighted by molar-refractivity contribution is 0.0694. The van der Waals surface area contributed by atoms with E-state index in [9.17, 15) is 13.6 Å². The molecule has 98 valence electrons. The van der Waals surface area contributed by atoms with E-state index >= 15 is 0 Å². The number of aromatic nitrogens is 1. The van der Waals surface area contributed by atoms with Crippen LogP contribution in [0.2, 0.25) is 5.02 Å². The molecule has 7 heteroatoms. The van der Waals surface area contributed by atoms with Crippen molar-refractivity contribution in [3.05, 3.63) is 52.7 Å². The molecule has 0 unspecified atom stereocenters. The molecule has 0 aliphatic carbocycles. The van der Waals surface area contributed by atoms with Crippen LogP contribution < -0.4 is 4.74 Å². The number of rotatable bonds is 3. The average molecular weight is 286 g/mol. The number of carboxylic acid groups (broad SMARTS) is 1. The lowest BCUT2D eigenvalue weighted by Gasteiger charge is -2.08. The van der Waals surface area contributed by atoms with Gasteiger partial charge < -0.3 is 9.84 Å². The standard InChI is InChI=1S/C12H6ClF2NO3/c13-6-3-9(15)11(16-5-6)19-10-4-7(14)1-2-8(10)12(17)18/h1-5H,(H,17,18). The van der Waals surface area contributed by atoms with Gasteiger partial charge in [-0.3, -0.25) is 0 Å². The second kappa shape index (κ2) is 5.19. The zero-order valence-corrected chi connectivity index (χ0v) is 9.99. The highest BCUT2D eigenvalue weighted by molar-refractivity contribution is 6.30. The number of hydrogen-bond acceptors (Lipinski definition) is 3. The van der Waals surface area contributed by atoms with Crippen LogP contribution in [-0.4, -0.2) is 16.1 Å². The van der Waals surface area contributed by atoms with E-state index in [1.807, 2.05) is 0 Å². The van der Waals surface area contributed by atoms with Gasteiger partial charge in [-0.1, -0.05) is 11.6 Å². The highest BCUT2D eigenvalue weighted by Gasteiger charge is 2.15. The molecule has 0 spiro atoms. The first-order valence-electron chi connectivity index (χ1n) is 4.99. The number of benzene rings is 1. The summed E-state index contributed by atoms with van der Waals surface area (Å²) in [4.78, 5) is 14.5. The van der Waals surface area contributed by atoms with Crippen molar-refractivity contribution in [3.63, 3.8) is 0 Å². The molecule has 0 aliphatic rings. The smallest absolute Gasteiger partial charge is 0.339 e. The van der Waals surface area contributed by atoms with Crippen LogP contribution in [0.25, 0.3) is 0 Å². The van der Waals surface area contributed by atoms with E-state index in [1.54, 1.807) is 0 Å². The third-order valence-corrected chi connectivity index (χ3v) is 2.36. The predicted octanol–water partition coefficient (Wildman–Crippen LogP) is 3.50. The zero-order chi connectivity index (χ0) is 14.0. The Morgan fingerprint density at radius 1 is 1.32 bits per heavy atom. The lowest BCUT2D eigenvalue weighted by Crippen LogP contribution is -2.02. The van der Waals surface area contributed by atoms with Gasteiger partial charge in [0.2, 0.25) is 0 Å². The fraction of sp³-hybridized carbons (Fsp3) is 0. The van der Waals surface area contributed by atoms with Crippen LogP contribution in [0, 0.1) is 11.6 Å². The fourth-order valence-corrected chi connectivity index (χ4v) is 1.48. The Hall–Kier alpha value is -2.21. The number of ether oxygens (including phenoxy) is 1. The molecule has 0 aliphatic heterocycles. The Morgan fingerprint density at radius 2 is 2.05 bits per heavy atom. The molecule has 1 aromatic carbocycles. The van der Waals surface area contributed by atoms with Gasteiger partial charge in [-0.2, -0.15) is 0 Å². The van der Waals surface area contributed by atoms with Crippen molar-refractivity contribution in [2.75, 3.05) is 0 Å². The van der Waals surface area contributed by atoms with E-state index in [2.05, 4.69) is 4.98 Å². The molecule has 4 nitrogen and oxygen atoms in total. The summed E-state index contributed by atoms with van der Waals surface area (Å²) in [5.74, 6) is -3.76. The van der Waals surface area contributed by atoms with Crippen LogP contribution in [0.5, 0.6) is 11.6 Å². The Labute approximate surface area is 111 Å². The SMILES string of the molecule is O=C(O)c1ccc(F)cc1Oc1ncc(Cl)cc1F. The average Bonchev–Trinajstić information content (AvgIpc) is 2.32. The van der Waals surface area contributed by atoms with Gasteiger partial charge in [0.25, 0.3) is 5.88 Å². The molecule has 0 amide bonds. The van der Waals surface area contributed by atoms with Gasteiger partial charge in [-0.15, -0.1) is 0 Å². The van der Waals surface area contributed by atoms with E-state index in [4.69, 9.17) is 21.4 Å². The molecule has 0 bridgehead atoms. The fourth-order valence-electron chi connectivity index (χ4n) is 1.34. The second-order valence-electron chi connectivity index (χ2n) is 3.49. The Bertz CT molecular complexity index is 649. The third-order valence-electron chi connectivity index (χ3n) is 2.15. The first-order valence-corrected chi connectivity index (χ1v) is 5.37. The van der Waals surface area contributed by atoms with Crippen LogP contribution in [0.3, 0.4) is 0 Å². The zero-order valence-electron chi connectivity index (χ0n) is 9.23. The van der Waals surface area contributed by atoms with Crippen molar-refractivity contribution in [2.24, 2.45) is 0 Å². The number of carboxylic acids is 1. The molecule has 1 aromatic heterocycles. The quantitative estimate of drug-likeness (QED) is 0.937. The van der Waals surface area contributed by atoms with E-state index in [0.717, 1.165) is 30.5 Å². The van der Waals surface area contributed by atoms with E-state index < -0.39 is 23.5 Å². The van der Waals surface area contributed by atoms with Crippen LogP contribution in [0.4, 0.5) is 8.78 Å². The maximum absolute atomic E-state index is 13.5. The van der Waals surface area contributed by atoms with Gasteiger partial charge in [0.05, 0.1) is 5.02 Å². The molecular weight excluding hydrogens is 280 g/mol. The number of carbonyl (C=O) groups is 1. The molecule has 0 fully saturated rings. The van der Waals surface area contributed by atoms with Crippen molar-refractivity contribution < 1.29 is 23.4 Å². The van der Waals surface area contributed by atoms with E-state index in [1.165, 1.54) is 0 Å². The van der Waals surface area contributed by atoms with E-state index in [0.29, 0.717) is 0 Å². The van der Waals surface area contributed by atoms with Crippen molar-refractivity contribution in [3.8, 4) is 11.6 Å². The van der Waals surface area contributed by atoms with Crippen LogP contribution in [0.15, 0.2) is 30.5 Å². The minimum atomic E-state index is -1.33. The highest BCUT2D eigenvalue weighted by Crippen LogP contribution is 2.27. The normalized spacial score (nSPS) is 10.3. The van der Waals surface area contributed by atoms with Gasteiger partial charge in [0, 0.05) is 12.3 Å². The Balaban J connectivity index is 2.42. The van der Waals surface area contributed by atoms with Crippen molar-refractivity contribution >= 4 is 17.6 Å². The summed E-state index contributed by atoms with van der Waals surface area (Å²) >= 11 is 5.51. The molecular formula is C12H6ClF2NO3. The molecule has 2 rings (SSSR count). The molecule has 19 heavy (non-hydrogen) atoms. The van der Waals surface area contributed by atoms with Gasteiger partial charge in [-0.25, -0.2) is 18.6 Å². The topological polar surface area (TPSA) is 59.4 Å².